The van der Waals surface area contributed by atoms with Crippen molar-refractivity contribution in [3.8, 4) is 34.1 Å². The van der Waals surface area contributed by atoms with Crippen LogP contribution >= 0.6 is 11.3 Å². The van der Waals surface area contributed by atoms with E-state index in [1.165, 1.54) is 18.3 Å². The van der Waals surface area contributed by atoms with Gasteiger partial charge in [0.25, 0.3) is 0 Å². The summed E-state index contributed by atoms with van der Waals surface area (Å²) in [5.74, 6) is 1.31. The summed E-state index contributed by atoms with van der Waals surface area (Å²) in [5.41, 5.74) is 2.60. The van der Waals surface area contributed by atoms with Gasteiger partial charge in [0.2, 0.25) is 0 Å². The molecule has 34 heavy (non-hydrogen) atoms. The Balaban J connectivity index is 1.98. The van der Waals surface area contributed by atoms with Gasteiger partial charge in [0.15, 0.2) is 11.5 Å². The van der Waals surface area contributed by atoms with Gasteiger partial charge in [0.05, 0.1) is 27.9 Å². The molecule has 0 amide bonds. The van der Waals surface area contributed by atoms with Gasteiger partial charge < -0.3 is 29.0 Å². The predicted octanol–water partition coefficient (Wildman–Crippen LogP) is 5.16. The van der Waals surface area contributed by atoms with Gasteiger partial charge in [0.1, 0.15) is 22.1 Å². The highest BCUT2D eigenvalue weighted by Crippen LogP contribution is 2.40. The number of carbonyl (C=O) groups excluding carboxylic acids is 2. The van der Waals surface area contributed by atoms with Crippen molar-refractivity contribution in [1.82, 2.24) is 0 Å². The Morgan fingerprint density at radius 1 is 0.941 bits per heavy atom. The van der Waals surface area contributed by atoms with Crippen molar-refractivity contribution >= 4 is 28.3 Å². The number of benzene rings is 2. The highest BCUT2D eigenvalue weighted by Gasteiger charge is 2.23. The standard InChI is InChI=1S/C25H27NO7S/c1-6-32-25(28)23-19(16-7-9-21(30-4)22(12-16)31-5)14-34-24(23)26-13-17-11-18(29-3)8-10-20(17)33-15(2)27/h7-12,14,26H,6,13H2,1-5H3. The van der Waals surface area contributed by atoms with Crippen molar-refractivity contribution in [3.05, 3.63) is 52.9 Å². The molecule has 1 N–H and O–H groups in total. The molecule has 3 rings (SSSR count). The van der Waals surface area contributed by atoms with Crippen molar-refractivity contribution < 1.29 is 33.3 Å². The van der Waals surface area contributed by atoms with E-state index in [9.17, 15) is 9.59 Å². The molecule has 0 bridgehead atoms. The van der Waals surface area contributed by atoms with E-state index in [1.807, 2.05) is 17.5 Å². The normalized spacial score (nSPS) is 10.4. The molecule has 0 aliphatic heterocycles. The molecule has 8 nitrogen and oxygen atoms in total. The van der Waals surface area contributed by atoms with E-state index in [0.29, 0.717) is 44.7 Å². The molecule has 0 unspecified atom stereocenters. The first-order valence-electron chi connectivity index (χ1n) is 10.5. The second kappa shape index (κ2) is 11.4. The fourth-order valence-corrected chi connectivity index (χ4v) is 4.32. The van der Waals surface area contributed by atoms with Crippen molar-refractivity contribution in [2.45, 2.75) is 20.4 Å². The van der Waals surface area contributed by atoms with Gasteiger partial charge in [-0.15, -0.1) is 11.3 Å². The SMILES string of the molecule is CCOC(=O)c1c(-c2ccc(OC)c(OC)c2)csc1NCc1cc(OC)ccc1OC(C)=O. The minimum absolute atomic E-state index is 0.242. The molecule has 0 atom stereocenters. The molecule has 0 aliphatic rings. The summed E-state index contributed by atoms with van der Waals surface area (Å²) >= 11 is 1.37. The molecule has 1 heterocycles. The lowest BCUT2D eigenvalue weighted by Gasteiger charge is -2.14. The first-order chi connectivity index (χ1) is 16.4. The largest absolute Gasteiger partial charge is 0.497 e. The fraction of sp³-hybridized carbons (Fsp3) is 0.280. The number of hydrogen-bond donors (Lipinski definition) is 1. The minimum atomic E-state index is -0.443. The molecule has 0 spiro atoms. The number of thiophene rings is 1. The molecule has 0 aliphatic carbocycles. The maximum absolute atomic E-state index is 12.9. The lowest BCUT2D eigenvalue weighted by Crippen LogP contribution is -2.10. The van der Waals surface area contributed by atoms with E-state index >= 15 is 0 Å². The summed E-state index contributed by atoms with van der Waals surface area (Å²) in [6.07, 6.45) is 0. The average Bonchev–Trinajstić information content (AvgIpc) is 3.26. The van der Waals surface area contributed by atoms with Gasteiger partial charge in [-0.25, -0.2) is 4.79 Å². The molecule has 9 heteroatoms. The Kier molecular flexibility index (Phi) is 8.37. The van der Waals surface area contributed by atoms with Crippen molar-refractivity contribution in [2.75, 3.05) is 33.3 Å². The molecule has 180 valence electrons. The van der Waals surface area contributed by atoms with E-state index in [1.54, 1.807) is 52.5 Å². The molecule has 1 aromatic heterocycles. The third-order valence-corrected chi connectivity index (χ3v) is 5.86. The molecular weight excluding hydrogens is 458 g/mol. The zero-order valence-corrected chi connectivity index (χ0v) is 20.5. The zero-order valence-electron chi connectivity index (χ0n) is 19.7. The molecule has 0 saturated carbocycles. The summed E-state index contributed by atoms with van der Waals surface area (Å²) in [6.45, 7) is 3.63. The molecule has 0 fully saturated rings. The molecular formula is C25H27NO7S. The summed E-state index contributed by atoms with van der Waals surface area (Å²) in [6, 6.07) is 10.6. The van der Waals surface area contributed by atoms with Crippen LogP contribution in [0.25, 0.3) is 11.1 Å². The third kappa shape index (κ3) is 5.60. The van der Waals surface area contributed by atoms with Crippen LogP contribution in [0.15, 0.2) is 41.8 Å². The number of rotatable bonds is 10. The topological polar surface area (TPSA) is 92.3 Å². The Labute approximate surface area is 202 Å². The zero-order chi connectivity index (χ0) is 24.7. The number of nitrogens with one attached hydrogen (secondary N) is 1. The maximum atomic E-state index is 12.9. The first-order valence-corrected chi connectivity index (χ1v) is 11.4. The summed E-state index contributed by atoms with van der Waals surface area (Å²) < 4.78 is 26.7. The monoisotopic (exact) mass is 485 g/mol. The average molecular weight is 486 g/mol. The van der Waals surface area contributed by atoms with E-state index in [4.69, 9.17) is 23.7 Å². The number of esters is 2. The van der Waals surface area contributed by atoms with Gasteiger partial charge in [-0.3, -0.25) is 4.79 Å². The maximum Gasteiger partial charge on any atom is 0.341 e. The number of hydrogen-bond acceptors (Lipinski definition) is 9. The number of anilines is 1. The van der Waals surface area contributed by atoms with Gasteiger partial charge in [0, 0.05) is 30.0 Å². The lowest BCUT2D eigenvalue weighted by atomic mass is 10.0. The first kappa shape index (κ1) is 24.9. The highest BCUT2D eigenvalue weighted by atomic mass is 32.1. The smallest absolute Gasteiger partial charge is 0.341 e. The molecule has 0 radical (unpaired) electrons. The molecule has 3 aromatic rings. The van der Waals surface area contributed by atoms with E-state index in [2.05, 4.69) is 5.32 Å². The van der Waals surface area contributed by atoms with E-state index < -0.39 is 11.9 Å². The Bertz CT molecular complexity index is 1170. The Morgan fingerprint density at radius 3 is 2.32 bits per heavy atom. The van der Waals surface area contributed by atoms with Crippen LogP contribution in [0.4, 0.5) is 5.00 Å². The van der Waals surface area contributed by atoms with Crippen molar-refractivity contribution in [3.63, 3.8) is 0 Å². The van der Waals surface area contributed by atoms with Crippen LogP contribution in [0.3, 0.4) is 0 Å². The van der Waals surface area contributed by atoms with Crippen LogP contribution in [0.1, 0.15) is 29.8 Å². The van der Waals surface area contributed by atoms with Crippen molar-refractivity contribution in [2.24, 2.45) is 0 Å². The van der Waals surface area contributed by atoms with Crippen LogP contribution in [0, 0.1) is 0 Å². The number of methoxy groups -OCH3 is 3. The van der Waals surface area contributed by atoms with Gasteiger partial charge in [-0.2, -0.15) is 0 Å². The van der Waals surface area contributed by atoms with Crippen LogP contribution in [0.5, 0.6) is 23.0 Å². The Hall–Kier alpha value is -3.72. The van der Waals surface area contributed by atoms with Crippen LogP contribution in [0.2, 0.25) is 0 Å². The van der Waals surface area contributed by atoms with Gasteiger partial charge >= 0.3 is 11.9 Å². The fourth-order valence-electron chi connectivity index (χ4n) is 3.36. The summed E-state index contributed by atoms with van der Waals surface area (Å²) in [4.78, 5) is 24.4. The highest BCUT2D eigenvalue weighted by molar-refractivity contribution is 7.15. The van der Waals surface area contributed by atoms with E-state index in [-0.39, 0.29) is 13.2 Å². The quantitative estimate of drug-likeness (QED) is 0.311. The summed E-state index contributed by atoms with van der Waals surface area (Å²) in [7, 11) is 4.69. The van der Waals surface area contributed by atoms with Crippen molar-refractivity contribution in [1.29, 1.82) is 0 Å². The number of carbonyl (C=O) groups is 2. The summed E-state index contributed by atoms with van der Waals surface area (Å²) in [5, 5.41) is 5.80. The van der Waals surface area contributed by atoms with E-state index in [0.717, 1.165) is 5.56 Å². The van der Waals surface area contributed by atoms with Gasteiger partial charge in [-0.1, -0.05) is 6.07 Å². The van der Waals surface area contributed by atoms with Crippen LogP contribution in [-0.2, 0) is 16.1 Å². The Morgan fingerprint density at radius 2 is 1.68 bits per heavy atom. The second-order valence-corrected chi connectivity index (χ2v) is 7.94. The van der Waals surface area contributed by atoms with Crippen LogP contribution < -0.4 is 24.3 Å². The molecule has 2 aromatic carbocycles. The lowest BCUT2D eigenvalue weighted by molar-refractivity contribution is -0.131. The third-order valence-electron chi connectivity index (χ3n) is 4.93. The second-order valence-electron chi connectivity index (χ2n) is 7.06. The number of ether oxygens (including phenoxy) is 5. The van der Waals surface area contributed by atoms with Gasteiger partial charge in [-0.05, 0) is 42.8 Å². The molecule has 0 saturated heterocycles. The minimum Gasteiger partial charge on any atom is -0.497 e. The van der Waals surface area contributed by atoms with Crippen LogP contribution in [-0.4, -0.2) is 39.9 Å². The predicted molar refractivity (Wildman–Crippen MR) is 130 cm³/mol.